The predicted molar refractivity (Wildman–Crippen MR) is 84.9 cm³/mol. The fourth-order valence-electron chi connectivity index (χ4n) is 2.71. The van der Waals surface area contributed by atoms with Crippen LogP contribution in [0.15, 0.2) is 42.7 Å². The maximum absolute atomic E-state index is 12.4. The Morgan fingerprint density at radius 2 is 1.74 bits per heavy atom. The van der Waals surface area contributed by atoms with E-state index < -0.39 is 23.9 Å². The van der Waals surface area contributed by atoms with Gasteiger partial charge >= 0.3 is 59.1 Å². The van der Waals surface area contributed by atoms with Gasteiger partial charge < -0.3 is 15.0 Å². The summed E-state index contributed by atoms with van der Waals surface area (Å²) in [6.45, 7) is 0. The van der Waals surface area contributed by atoms with Crippen LogP contribution < -0.4 is 69.3 Å². The van der Waals surface area contributed by atoms with Crippen LogP contribution in [0.4, 0.5) is 0 Å². The summed E-state index contributed by atoms with van der Waals surface area (Å²) in [6, 6.07) is 11.2. The van der Waals surface area contributed by atoms with E-state index in [4.69, 9.17) is 0 Å². The van der Waals surface area contributed by atoms with Crippen molar-refractivity contribution < 1.29 is 78.9 Å². The summed E-state index contributed by atoms with van der Waals surface area (Å²) in [7, 11) is 0. The number of aryl methyl sites for hydroxylation is 2. The van der Waals surface area contributed by atoms with Gasteiger partial charge in [0.05, 0.1) is 5.56 Å². The Balaban J connectivity index is 0.00000182. The van der Waals surface area contributed by atoms with Crippen LogP contribution in [-0.4, -0.2) is 26.4 Å². The van der Waals surface area contributed by atoms with Gasteiger partial charge in [0.25, 0.3) is 0 Å². The van der Waals surface area contributed by atoms with Gasteiger partial charge in [0, 0.05) is 18.1 Å². The molecular weight excluding hydrogens is 368 g/mol. The maximum atomic E-state index is 12.4. The number of benzene rings is 1. The molecule has 0 saturated heterocycles. The molecule has 0 aliphatic rings. The second kappa shape index (κ2) is 10.9. The fourth-order valence-corrected chi connectivity index (χ4v) is 2.71. The SMILES string of the molecule is O=C([O-])CCC(=O)c1c([O-])cc(CCc2ccccc2)n2ncnc12.[Na+].[Na+]. The third kappa shape index (κ3) is 5.88. The van der Waals surface area contributed by atoms with Crippen molar-refractivity contribution in [3.8, 4) is 5.75 Å². The van der Waals surface area contributed by atoms with E-state index in [1.807, 2.05) is 30.3 Å². The number of pyridine rings is 1. The van der Waals surface area contributed by atoms with Gasteiger partial charge in [-0.1, -0.05) is 36.1 Å². The summed E-state index contributed by atoms with van der Waals surface area (Å²) >= 11 is 0. The first-order chi connectivity index (χ1) is 12.1. The number of aromatic nitrogens is 3. The Labute approximate surface area is 200 Å². The van der Waals surface area contributed by atoms with Gasteiger partial charge in [0.2, 0.25) is 0 Å². The molecule has 0 fully saturated rings. The number of carbonyl (C=O) groups excluding carboxylic acids is 2. The number of hydrogen-bond donors (Lipinski definition) is 0. The van der Waals surface area contributed by atoms with E-state index in [9.17, 15) is 19.8 Å². The molecule has 0 unspecified atom stereocenters. The average molecular weight is 383 g/mol. The molecule has 3 aromatic rings. The monoisotopic (exact) mass is 383 g/mol. The van der Waals surface area contributed by atoms with Crippen LogP contribution in [0.3, 0.4) is 0 Å². The zero-order valence-corrected chi connectivity index (χ0v) is 19.3. The second-order valence-electron chi connectivity index (χ2n) is 5.65. The van der Waals surface area contributed by atoms with Crippen molar-refractivity contribution in [3.63, 3.8) is 0 Å². The van der Waals surface area contributed by atoms with Crippen molar-refractivity contribution in [3.05, 3.63) is 59.5 Å². The van der Waals surface area contributed by atoms with Crippen LogP contribution in [0.2, 0.25) is 0 Å². The van der Waals surface area contributed by atoms with Gasteiger partial charge in [-0.15, -0.1) is 0 Å². The molecule has 0 bridgehead atoms. The van der Waals surface area contributed by atoms with E-state index in [1.165, 1.54) is 16.9 Å². The summed E-state index contributed by atoms with van der Waals surface area (Å²) in [5.74, 6) is -2.37. The number of ketones is 1. The molecular formula is C18H15N3Na2O4. The zero-order chi connectivity index (χ0) is 17.8. The number of Topliss-reactive ketones (excluding diaryl/α,β-unsaturated/α-hetero) is 1. The first kappa shape index (κ1) is 23.8. The van der Waals surface area contributed by atoms with E-state index in [-0.39, 0.29) is 76.7 Å². The standard InChI is InChI=1S/C18H17N3O4.2Na/c22-14(8-9-16(24)25)17-15(23)10-13(21-18(17)19-11-20-21)7-6-12-4-2-1-3-5-12;;/h1-5,10-11,23H,6-9H2,(H,24,25);;/q;2*+1/p-2. The quantitative estimate of drug-likeness (QED) is 0.297. The molecule has 0 atom stereocenters. The molecule has 7 nitrogen and oxygen atoms in total. The summed E-state index contributed by atoms with van der Waals surface area (Å²) < 4.78 is 1.47. The van der Waals surface area contributed by atoms with Crippen LogP contribution in [0, 0.1) is 0 Å². The Morgan fingerprint density at radius 1 is 1.04 bits per heavy atom. The Kier molecular flexibility index (Phi) is 9.66. The summed E-state index contributed by atoms with van der Waals surface area (Å²) in [6.07, 6.45) is 1.81. The van der Waals surface area contributed by atoms with Gasteiger partial charge in [0.15, 0.2) is 11.4 Å². The molecule has 0 N–H and O–H groups in total. The molecule has 0 aliphatic heterocycles. The van der Waals surface area contributed by atoms with E-state index in [2.05, 4.69) is 10.1 Å². The molecule has 0 amide bonds. The number of carbonyl (C=O) groups is 2. The van der Waals surface area contributed by atoms with Crippen LogP contribution in [0.25, 0.3) is 5.65 Å². The van der Waals surface area contributed by atoms with Crippen molar-refractivity contribution in [1.82, 2.24) is 14.6 Å². The number of rotatable bonds is 7. The zero-order valence-electron chi connectivity index (χ0n) is 15.3. The van der Waals surface area contributed by atoms with Gasteiger partial charge in [-0.3, -0.25) is 4.79 Å². The molecule has 27 heavy (non-hydrogen) atoms. The third-order valence-corrected chi connectivity index (χ3v) is 3.94. The molecule has 9 heteroatoms. The van der Waals surface area contributed by atoms with Gasteiger partial charge in [-0.05, 0) is 30.9 Å². The van der Waals surface area contributed by atoms with E-state index >= 15 is 0 Å². The molecule has 3 rings (SSSR count). The predicted octanol–water partition coefficient (Wildman–Crippen LogP) is -5.69. The minimum Gasteiger partial charge on any atom is -0.872 e. The van der Waals surface area contributed by atoms with E-state index in [0.717, 1.165) is 5.56 Å². The Morgan fingerprint density at radius 3 is 2.41 bits per heavy atom. The molecule has 0 aliphatic carbocycles. The normalized spacial score (nSPS) is 10.1. The molecule has 2 aromatic heterocycles. The molecule has 2 heterocycles. The van der Waals surface area contributed by atoms with Crippen molar-refractivity contribution in [2.75, 3.05) is 0 Å². The van der Waals surface area contributed by atoms with Crippen molar-refractivity contribution in [2.45, 2.75) is 25.7 Å². The van der Waals surface area contributed by atoms with Crippen molar-refractivity contribution in [2.24, 2.45) is 0 Å². The number of aliphatic carboxylic acids is 1. The topological polar surface area (TPSA) is 110 Å². The number of carboxylic acid groups (broad SMARTS) is 1. The summed E-state index contributed by atoms with van der Waals surface area (Å²) in [5, 5.41) is 27.0. The average Bonchev–Trinajstić information content (AvgIpc) is 3.08. The maximum Gasteiger partial charge on any atom is 1.00 e. The molecule has 1 aromatic carbocycles. The molecule has 0 spiro atoms. The fraction of sp³-hybridized carbons (Fsp3) is 0.222. The minimum atomic E-state index is -1.34. The van der Waals surface area contributed by atoms with Crippen LogP contribution >= 0.6 is 0 Å². The summed E-state index contributed by atoms with van der Waals surface area (Å²) in [5.41, 5.74) is 1.82. The Bertz CT molecular complexity index is 929. The van der Waals surface area contributed by atoms with Crippen molar-refractivity contribution >= 4 is 17.4 Å². The second-order valence-corrected chi connectivity index (χ2v) is 5.65. The van der Waals surface area contributed by atoms with Crippen LogP contribution in [-0.2, 0) is 17.6 Å². The van der Waals surface area contributed by atoms with Crippen LogP contribution in [0.1, 0.15) is 34.5 Å². The van der Waals surface area contributed by atoms with E-state index in [0.29, 0.717) is 18.5 Å². The summed E-state index contributed by atoms with van der Waals surface area (Å²) in [4.78, 5) is 26.7. The molecule has 0 radical (unpaired) electrons. The minimum absolute atomic E-state index is 0. The number of hydrogen-bond acceptors (Lipinski definition) is 6. The Hall–Kier alpha value is -1.22. The smallest absolute Gasteiger partial charge is 0.872 e. The van der Waals surface area contributed by atoms with E-state index in [1.54, 1.807) is 0 Å². The first-order valence-corrected chi connectivity index (χ1v) is 7.86. The van der Waals surface area contributed by atoms with Gasteiger partial charge in [-0.2, -0.15) is 5.10 Å². The third-order valence-electron chi connectivity index (χ3n) is 3.94. The largest absolute Gasteiger partial charge is 1.00 e. The number of nitrogens with zero attached hydrogens (tertiary/aromatic N) is 3. The number of carboxylic acids is 1. The molecule has 128 valence electrons. The van der Waals surface area contributed by atoms with Gasteiger partial charge in [-0.25, -0.2) is 9.50 Å². The van der Waals surface area contributed by atoms with Crippen LogP contribution in [0.5, 0.6) is 5.75 Å². The number of fused-ring (bicyclic) bond motifs is 1. The van der Waals surface area contributed by atoms with Crippen molar-refractivity contribution in [1.29, 1.82) is 0 Å². The first-order valence-electron chi connectivity index (χ1n) is 7.86. The molecule has 0 saturated carbocycles. The van der Waals surface area contributed by atoms with Gasteiger partial charge in [0.1, 0.15) is 6.33 Å².